The summed E-state index contributed by atoms with van der Waals surface area (Å²) >= 11 is 0.738. The molecule has 1 fully saturated rings. The summed E-state index contributed by atoms with van der Waals surface area (Å²) in [4.78, 5) is 34.9. The third-order valence-electron chi connectivity index (χ3n) is 4.83. The Bertz CT molecular complexity index is 1070. The molecule has 1 atom stereocenters. The van der Waals surface area contributed by atoms with Gasteiger partial charge in [-0.2, -0.15) is 0 Å². The Morgan fingerprint density at radius 2 is 1.93 bits per heavy atom. The lowest BCUT2D eigenvalue weighted by Crippen LogP contribution is -2.30. The van der Waals surface area contributed by atoms with Crippen molar-refractivity contribution in [3.05, 3.63) is 71.4 Å². The number of hydrogen-bond donors (Lipinski definition) is 1. The number of carbonyl (C=O) groups is 3. The van der Waals surface area contributed by atoms with E-state index in [0.717, 1.165) is 33.8 Å². The van der Waals surface area contributed by atoms with Gasteiger partial charge in [0.25, 0.3) is 5.24 Å². The number of aromatic nitrogens is 1. The van der Waals surface area contributed by atoms with Crippen molar-refractivity contribution in [2.45, 2.75) is 19.0 Å². The van der Waals surface area contributed by atoms with Crippen LogP contribution in [0.3, 0.4) is 0 Å². The van der Waals surface area contributed by atoms with Gasteiger partial charge in [0.15, 0.2) is 0 Å². The van der Waals surface area contributed by atoms with Gasteiger partial charge in [-0.15, -0.1) is 0 Å². The second-order valence-electron chi connectivity index (χ2n) is 6.59. The van der Waals surface area contributed by atoms with Crippen LogP contribution < -0.4 is 5.32 Å². The van der Waals surface area contributed by atoms with Gasteiger partial charge in [-0.3, -0.25) is 9.59 Å². The lowest BCUT2D eigenvalue weighted by Gasteiger charge is -2.10. The van der Waals surface area contributed by atoms with Crippen LogP contribution in [-0.2, 0) is 22.5 Å². The molecule has 1 N–H and O–H groups in total. The molecule has 1 unspecified atom stereocenters. The predicted molar refractivity (Wildman–Crippen MR) is 107 cm³/mol. The Morgan fingerprint density at radius 1 is 1.14 bits per heavy atom. The van der Waals surface area contributed by atoms with Crippen LogP contribution in [-0.4, -0.2) is 34.0 Å². The molecular formula is C21H18N2O4S. The zero-order valence-electron chi connectivity index (χ0n) is 15.2. The maximum Gasteiger partial charge on any atom is 0.337 e. The smallest absolute Gasteiger partial charge is 0.337 e. The zero-order valence-corrected chi connectivity index (χ0v) is 16.0. The molecule has 1 aromatic heterocycles. The largest absolute Gasteiger partial charge is 0.465 e. The SMILES string of the molecule is COC(=O)c1ccc(Cn2ccc3c(CC4NC(=O)SC4=O)cccc32)cc1. The van der Waals surface area contributed by atoms with Crippen molar-refractivity contribution in [1.29, 1.82) is 0 Å². The topological polar surface area (TPSA) is 77.4 Å². The average Bonchev–Trinajstić information content (AvgIpc) is 3.25. The van der Waals surface area contributed by atoms with E-state index in [2.05, 4.69) is 9.88 Å². The molecule has 0 bridgehead atoms. The predicted octanol–water partition coefficient (Wildman–Crippen LogP) is 3.37. The highest BCUT2D eigenvalue weighted by Gasteiger charge is 2.31. The van der Waals surface area contributed by atoms with E-state index in [0.29, 0.717) is 18.5 Å². The van der Waals surface area contributed by atoms with Crippen LogP contribution in [0, 0.1) is 0 Å². The van der Waals surface area contributed by atoms with Crippen molar-refractivity contribution < 1.29 is 19.1 Å². The standard InChI is InChI=1S/C21H18N2O4S/c1-27-19(24)14-7-5-13(6-8-14)12-23-10-9-16-15(3-2-4-18(16)23)11-17-20(25)28-21(26)22-17/h2-10,17H,11-12H2,1H3,(H,22,26). The number of fused-ring (bicyclic) bond motifs is 1. The van der Waals surface area contributed by atoms with Crippen molar-refractivity contribution in [3.63, 3.8) is 0 Å². The first-order valence-corrected chi connectivity index (χ1v) is 9.63. The minimum Gasteiger partial charge on any atom is -0.465 e. The molecule has 7 heteroatoms. The van der Waals surface area contributed by atoms with Gasteiger partial charge in [0.2, 0.25) is 5.12 Å². The Labute approximate surface area is 165 Å². The van der Waals surface area contributed by atoms with E-state index in [1.807, 2.05) is 42.6 Å². The van der Waals surface area contributed by atoms with Crippen LogP contribution in [0.5, 0.6) is 0 Å². The number of amides is 1. The molecule has 1 amide bonds. The Kier molecular flexibility index (Phi) is 4.92. The van der Waals surface area contributed by atoms with E-state index in [1.54, 1.807) is 12.1 Å². The minimum absolute atomic E-state index is 0.132. The molecule has 0 saturated carbocycles. The van der Waals surface area contributed by atoms with Crippen molar-refractivity contribution in [2.75, 3.05) is 7.11 Å². The number of hydrogen-bond acceptors (Lipinski definition) is 5. The summed E-state index contributed by atoms with van der Waals surface area (Å²) in [6.45, 7) is 0.656. The number of rotatable bonds is 5. The maximum atomic E-state index is 11.9. The summed E-state index contributed by atoms with van der Waals surface area (Å²) in [5.74, 6) is -0.352. The first-order chi connectivity index (χ1) is 13.5. The van der Waals surface area contributed by atoms with Crippen LogP contribution in [0.2, 0.25) is 0 Å². The molecule has 142 valence electrons. The number of methoxy groups -OCH3 is 1. The van der Waals surface area contributed by atoms with Crippen molar-refractivity contribution in [1.82, 2.24) is 9.88 Å². The first-order valence-electron chi connectivity index (χ1n) is 8.81. The molecule has 1 aliphatic rings. The molecule has 28 heavy (non-hydrogen) atoms. The fourth-order valence-corrected chi connectivity index (χ4v) is 4.08. The van der Waals surface area contributed by atoms with E-state index in [1.165, 1.54) is 7.11 Å². The van der Waals surface area contributed by atoms with Crippen LogP contribution in [0.15, 0.2) is 54.7 Å². The number of nitrogens with one attached hydrogen (secondary N) is 1. The quantitative estimate of drug-likeness (QED) is 0.672. The maximum absolute atomic E-state index is 11.9. The van der Waals surface area contributed by atoms with Gasteiger partial charge in [0.1, 0.15) is 6.04 Å². The minimum atomic E-state index is -0.475. The normalized spacial score (nSPS) is 16.4. The summed E-state index contributed by atoms with van der Waals surface area (Å²) in [5, 5.41) is 3.36. The average molecular weight is 394 g/mol. The number of benzene rings is 2. The van der Waals surface area contributed by atoms with E-state index in [4.69, 9.17) is 4.74 Å². The van der Waals surface area contributed by atoms with Gasteiger partial charge in [-0.1, -0.05) is 24.3 Å². The summed E-state index contributed by atoms with van der Waals surface area (Å²) in [6, 6.07) is 14.9. The van der Waals surface area contributed by atoms with Gasteiger partial charge in [0.05, 0.1) is 12.7 Å². The molecule has 1 saturated heterocycles. The fourth-order valence-electron chi connectivity index (χ4n) is 3.41. The number of carbonyl (C=O) groups excluding carboxylic acids is 3. The first kappa shape index (κ1) is 18.3. The lowest BCUT2D eigenvalue weighted by molar-refractivity contribution is -0.112. The van der Waals surface area contributed by atoms with Crippen LogP contribution in [0.4, 0.5) is 4.79 Å². The molecular weight excluding hydrogens is 376 g/mol. The molecule has 0 spiro atoms. The van der Waals surface area contributed by atoms with E-state index in [9.17, 15) is 14.4 Å². The third kappa shape index (κ3) is 3.53. The van der Waals surface area contributed by atoms with Crippen molar-refractivity contribution >= 4 is 39.0 Å². The monoisotopic (exact) mass is 394 g/mol. The Hall–Kier alpha value is -3.06. The summed E-state index contributed by atoms with van der Waals surface area (Å²) in [7, 11) is 1.36. The Balaban J connectivity index is 1.57. The molecule has 6 nitrogen and oxygen atoms in total. The molecule has 1 aliphatic heterocycles. The number of thioether (sulfide) groups is 1. The van der Waals surface area contributed by atoms with Gasteiger partial charge in [-0.05, 0) is 35.4 Å². The molecule has 4 rings (SSSR count). The molecule has 0 radical (unpaired) electrons. The van der Waals surface area contributed by atoms with Crippen LogP contribution >= 0.6 is 11.8 Å². The second kappa shape index (κ2) is 7.52. The molecule has 0 aliphatic carbocycles. The molecule has 3 aromatic rings. The number of esters is 1. The van der Waals surface area contributed by atoms with Gasteiger partial charge in [0, 0.05) is 41.8 Å². The zero-order chi connectivity index (χ0) is 19.7. The van der Waals surface area contributed by atoms with Gasteiger partial charge >= 0.3 is 5.97 Å². The highest BCUT2D eigenvalue weighted by molar-refractivity contribution is 8.26. The fraction of sp³-hybridized carbons (Fsp3) is 0.190. The number of ether oxygens (including phenoxy) is 1. The third-order valence-corrected chi connectivity index (χ3v) is 5.61. The van der Waals surface area contributed by atoms with E-state index >= 15 is 0 Å². The molecule has 2 heterocycles. The second-order valence-corrected chi connectivity index (χ2v) is 7.57. The summed E-state index contributed by atoms with van der Waals surface area (Å²) in [6.07, 6.45) is 2.49. The van der Waals surface area contributed by atoms with Crippen LogP contribution in [0.25, 0.3) is 10.9 Å². The van der Waals surface area contributed by atoms with Crippen molar-refractivity contribution in [2.24, 2.45) is 0 Å². The van der Waals surface area contributed by atoms with Gasteiger partial charge in [-0.25, -0.2) is 4.79 Å². The van der Waals surface area contributed by atoms with E-state index < -0.39 is 6.04 Å². The Morgan fingerprint density at radius 3 is 2.61 bits per heavy atom. The van der Waals surface area contributed by atoms with Crippen molar-refractivity contribution in [3.8, 4) is 0 Å². The molecule has 2 aromatic carbocycles. The van der Waals surface area contributed by atoms with Crippen LogP contribution in [0.1, 0.15) is 21.5 Å². The number of nitrogens with zero attached hydrogens (tertiary/aromatic N) is 1. The summed E-state index contributed by atoms with van der Waals surface area (Å²) in [5.41, 5.74) is 3.66. The van der Waals surface area contributed by atoms with E-state index in [-0.39, 0.29) is 16.3 Å². The lowest BCUT2D eigenvalue weighted by atomic mass is 10.0. The summed E-state index contributed by atoms with van der Waals surface area (Å²) < 4.78 is 6.85. The highest BCUT2D eigenvalue weighted by atomic mass is 32.2. The highest BCUT2D eigenvalue weighted by Crippen LogP contribution is 2.25. The van der Waals surface area contributed by atoms with Gasteiger partial charge < -0.3 is 14.6 Å².